The molecule has 3 heterocycles. The molecule has 2 N–H and O–H groups in total. The molecule has 3 rings (SSSR count). The lowest BCUT2D eigenvalue weighted by atomic mass is 10.2. The van der Waals surface area contributed by atoms with Gasteiger partial charge in [-0.25, -0.2) is 0 Å². The van der Waals surface area contributed by atoms with Crippen molar-refractivity contribution in [1.82, 2.24) is 9.88 Å². The minimum atomic E-state index is 0.434. The Labute approximate surface area is 95.4 Å². The van der Waals surface area contributed by atoms with E-state index in [-0.39, 0.29) is 0 Å². The number of hydrogen-bond acceptors (Lipinski definition) is 4. The van der Waals surface area contributed by atoms with Crippen molar-refractivity contribution in [2.24, 2.45) is 0 Å². The van der Waals surface area contributed by atoms with E-state index in [2.05, 4.69) is 9.88 Å². The van der Waals surface area contributed by atoms with Crippen LogP contribution in [0.1, 0.15) is 18.5 Å². The minimum absolute atomic E-state index is 0.434. The number of nitrogens with zero attached hydrogens (tertiary/aromatic N) is 2. The molecule has 0 spiro atoms. The first kappa shape index (κ1) is 10.1. The third kappa shape index (κ3) is 1.90. The number of fused-ring (bicyclic) bond motifs is 2. The summed E-state index contributed by atoms with van der Waals surface area (Å²) in [6, 6.07) is 3.79. The molecule has 0 amide bonds. The molecule has 2 atom stereocenters. The van der Waals surface area contributed by atoms with E-state index < -0.39 is 0 Å². The van der Waals surface area contributed by atoms with Gasteiger partial charge in [-0.3, -0.25) is 9.88 Å². The molecule has 86 valence electrons. The van der Waals surface area contributed by atoms with Gasteiger partial charge in [0.15, 0.2) is 0 Å². The van der Waals surface area contributed by atoms with Gasteiger partial charge in [-0.05, 0) is 25.0 Å². The van der Waals surface area contributed by atoms with Crippen LogP contribution in [0, 0.1) is 0 Å². The fourth-order valence-corrected chi connectivity index (χ4v) is 2.62. The van der Waals surface area contributed by atoms with Crippen LogP contribution in [0.2, 0.25) is 0 Å². The van der Waals surface area contributed by atoms with Gasteiger partial charge in [0.2, 0.25) is 0 Å². The first-order valence-electron chi connectivity index (χ1n) is 5.88. The van der Waals surface area contributed by atoms with Crippen LogP contribution in [0.25, 0.3) is 0 Å². The number of ether oxygens (including phenoxy) is 1. The van der Waals surface area contributed by atoms with Gasteiger partial charge in [0.25, 0.3) is 0 Å². The van der Waals surface area contributed by atoms with Crippen LogP contribution < -0.4 is 5.73 Å². The van der Waals surface area contributed by atoms with Gasteiger partial charge in [-0.1, -0.05) is 0 Å². The molecule has 16 heavy (non-hydrogen) atoms. The topological polar surface area (TPSA) is 51.4 Å². The van der Waals surface area contributed by atoms with E-state index in [9.17, 15) is 0 Å². The van der Waals surface area contributed by atoms with Crippen molar-refractivity contribution in [2.45, 2.75) is 31.6 Å². The predicted octanol–water partition coefficient (Wildman–Crippen LogP) is 1.03. The zero-order valence-corrected chi connectivity index (χ0v) is 9.30. The van der Waals surface area contributed by atoms with E-state index in [0.717, 1.165) is 31.0 Å². The summed E-state index contributed by atoms with van der Waals surface area (Å²) in [5.41, 5.74) is 7.68. The highest BCUT2D eigenvalue weighted by Crippen LogP contribution is 2.27. The first-order chi connectivity index (χ1) is 7.81. The molecule has 2 unspecified atom stereocenters. The van der Waals surface area contributed by atoms with Crippen molar-refractivity contribution < 1.29 is 4.74 Å². The van der Waals surface area contributed by atoms with Gasteiger partial charge < -0.3 is 10.5 Å². The lowest BCUT2D eigenvalue weighted by molar-refractivity contribution is -0.0413. The second kappa shape index (κ2) is 4.03. The summed E-state index contributed by atoms with van der Waals surface area (Å²) < 4.78 is 5.80. The maximum absolute atomic E-state index is 5.90. The Morgan fingerprint density at radius 1 is 1.38 bits per heavy atom. The highest BCUT2D eigenvalue weighted by Gasteiger charge is 2.33. The van der Waals surface area contributed by atoms with Crippen LogP contribution in [-0.2, 0) is 11.3 Å². The van der Waals surface area contributed by atoms with Gasteiger partial charge in [0.1, 0.15) is 0 Å². The largest absolute Gasteiger partial charge is 0.397 e. The molecular formula is C12H17N3O. The molecule has 2 saturated heterocycles. The van der Waals surface area contributed by atoms with E-state index in [0.29, 0.717) is 12.2 Å². The van der Waals surface area contributed by atoms with E-state index in [1.54, 1.807) is 6.20 Å². The average Bonchev–Trinajstić information content (AvgIpc) is 2.62. The molecule has 1 aromatic rings. The molecule has 2 aliphatic rings. The van der Waals surface area contributed by atoms with E-state index in [4.69, 9.17) is 10.5 Å². The molecule has 0 radical (unpaired) electrons. The Bertz CT molecular complexity index is 370. The Hall–Kier alpha value is -1.13. The molecule has 0 aliphatic carbocycles. The van der Waals surface area contributed by atoms with E-state index in [1.165, 1.54) is 12.8 Å². The molecule has 4 nitrogen and oxygen atoms in total. The van der Waals surface area contributed by atoms with Gasteiger partial charge in [0.05, 0.1) is 23.6 Å². The van der Waals surface area contributed by atoms with E-state index >= 15 is 0 Å². The first-order valence-corrected chi connectivity index (χ1v) is 5.88. The molecule has 0 aromatic carbocycles. The van der Waals surface area contributed by atoms with Crippen molar-refractivity contribution in [2.75, 3.05) is 18.8 Å². The zero-order chi connectivity index (χ0) is 11.0. The maximum Gasteiger partial charge on any atom is 0.0772 e. The Morgan fingerprint density at radius 3 is 2.81 bits per heavy atom. The van der Waals surface area contributed by atoms with Crippen molar-refractivity contribution in [3.63, 3.8) is 0 Å². The van der Waals surface area contributed by atoms with Gasteiger partial charge in [-0.2, -0.15) is 0 Å². The van der Waals surface area contributed by atoms with Crippen LogP contribution in [0.4, 0.5) is 5.69 Å². The van der Waals surface area contributed by atoms with Gasteiger partial charge in [-0.15, -0.1) is 0 Å². The van der Waals surface area contributed by atoms with Crippen LogP contribution in [0.5, 0.6) is 0 Å². The summed E-state index contributed by atoms with van der Waals surface area (Å²) in [5, 5.41) is 0. The van der Waals surface area contributed by atoms with Crippen LogP contribution in [-0.4, -0.2) is 35.2 Å². The number of pyridine rings is 1. The fourth-order valence-electron chi connectivity index (χ4n) is 2.62. The summed E-state index contributed by atoms with van der Waals surface area (Å²) in [4.78, 5) is 6.74. The molecule has 2 bridgehead atoms. The summed E-state index contributed by atoms with van der Waals surface area (Å²) in [6.07, 6.45) is 5.09. The Balaban J connectivity index is 1.69. The highest BCUT2D eigenvalue weighted by molar-refractivity contribution is 5.41. The van der Waals surface area contributed by atoms with Crippen LogP contribution in [0.3, 0.4) is 0 Å². The quantitative estimate of drug-likeness (QED) is 0.807. The monoisotopic (exact) mass is 219 g/mol. The fraction of sp³-hybridized carbons (Fsp3) is 0.583. The maximum atomic E-state index is 5.90. The SMILES string of the molecule is Nc1cccnc1CN1CC2CCC(C1)O2. The van der Waals surface area contributed by atoms with Crippen molar-refractivity contribution in [3.05, 3.63) is 24.0 Å². The average molecular weight is 219 g/mol. The third-order valence-corrected chi connectivity index (χ3v) is 3.42. The lowest BCUT2D eigenvalue weighted by Gasteiger charge is -2.31. The van der Waals surface area contributed by atoms with Crippen LogP contribution >= 0.6 is 0 Å². The molecule has 2 aliphatic heterocycles. The zero-order valence-electron chi connectivity index (χ0n) is 9.30. The standard InChI is InChI=1S/C12H17N3O/c13-11-2-1-5-14-12(11)8-15-6-9-3-4-10(7-15)16-9/h1-2,5,9-10H,3-4,6-8,13H2. The number of likely N-dealkylation sites (tertiary alicyclic amines) is 1. The van der Waals surface area contributed by atoms with Crippen LogP contribution in [0.15, 0.2) is 18.3 Å². The lowest BCUT2D eigenvalue weighted by Crippen LogP contribution is -2.42. The Morgan fingerprint density at radius 2 is 2.12 bits per heavy atom. The highest BCUT2D eigenvalue weighted by atomic mass is 16.5. The molecule has 1 aromatic heterocycles. The van der Waals surface area contributed by atoms with E-state index in [1.807, 2.05) is 12.1 Å². The minimum Gasteiger partial charge on any atom is -0.397 e. The Kier molecular flexibility index (Phi) is 2.53. The van der Waals surface area contributed by atoms with Crippen molar-refractivity contribution in [1.29, 1.82) is 0 Å². The van der Waals surface area contributed by atoms with Crippen molar-refractivity contribution >= 4 is 5.69 Å². The van der Waals surface area contributed by atoms with Gasteiger partial charge >= 0.3 is 0 Å². The number of nitrogens with two attached hydrogens (primary N) is 1. The van der Waals surface area contributed by atoms with Crippen molar-refractivity contribution in [3.8, 4) is 0 Å². The smallest absolute Gasteiger partial charge is 0.0772 e. The summed E-state index contributed by atoms with van der Waals surface area (Å²) in [7, 11) is 0. The second-order valence-electron chi connectivity index (χ2n) is 4.69. The number of morpholine rings is 1. The summed E-state index contributed by atoms with van der Waals surface area (Å²) in [5.74, 6) is 0. The predicted molar refractivity (Wildman–Crippen MR) is 61.8 cm³/mol. The number of aromatic nitrogens is 1. The number of nitrogen functional groups attached to an aromatic ring is 1. The third-order valence-electron chi connectivity index (χ3n) is 3.42. The van der Waals surface area contributed by atoms with Gasteiger partial charge in [0, 0.05) is 25.8 Å². The molecule has 4 heteroatoms. The summed E-state index contributed by atoms with van der Waals surface area (Å²) in [6.45, 7) is 2.89. The number of anilines is 1. The normalized spacial score (nSPS) is 29.5. The molecule has 0 saturated carbocycles. The number of hydrogen-bond donors (Lipinski definition) is 1. The molecular weight excluding hydrogens is 202 g/mol. The molecule has 2 fully saturated rings. The second-order valence-corrected chi connectivity index (χ2v) is 4.69. The summed E-state index contributed by atoms with van der Waals surface area (Å²) >= 11 is 0. The number of rotatable bonds is 2.